The average Bonchev–Trinajstić information content (AvgIpc) is 3.07. The molecule has 26 heavy (non-hydrogen) atoms. The van der Waals surface area contributed by atoms with Crippen molar-refractivity contribution in [2.24, 2.45) is 0 Å². The fourth-order valence-electron chi connectivity index (χ4n) is 3.57. The molecule has 0 unspecified atom stereocenters. The Balaban J connectivity index is 1.89. The predicted molar refractivity (Wildman–Crippen MR) is 97.8 cm³/mol. The molecule has 0 atom stereocenters. The number of hydrogen-bond acceptors (Lipinski definition) is 4. The molecule has 0 spiro atoms. The van der Waals surface area contributed by atoms with Crippen molar-refractivity contribution in [3.8, 4) is 17.2 Å². The lowest BCUT2D eigenvalue weighted by atomic mass is 10.0. The predicted octanol–water partition coefficient (Wildman–Crippen LogP) is 4.44. The summed E-state index contributed by atoms with van der Waals surface area (Å²) in [6.07, 6.45) is 3.85. The third kappa shape index (κ3) is 2.83. The van der Waals surface area contributed by atoms with Gasteiger partial charge in [0.05, 0.1) is 22.1 Å². The van der Waals surface area contributed by atoms with E-state index < -0.39 is 0 Å². The highest BCUT2D eigenvalue weighted by atomic mass is 16.6. The van der Waals surface area contributed by atoms with Crippen LogP contribution in [0, 0.1) is 21.4 Å². The number of nitrogens with zero attached hydrogens (tertiary/aromatic N) is 3. The summed E-state index contributed by atoms with van der Waals surface area (Å²) in [5.74, 6) is 0. The first-order valence-corrected chi connectivity index (χ1v) is 8.54. The van der Waals surface area contributed by atoms with E-state index in [2.05, 4.69) is 16.8 Å². The second-order valence-electron chi connectivity index (χ2n) is 6.44. The summed E-state index contributed by atoms with van der Waals surface area (Å²) in [6, 6.07) is 14.8. The molecular formula is C20H17N3O3. The number of non-ortho nitro benzene ring substituents is 1. The lowest BCUT2D eigenvalue weighted by Gasteiger charge is -2.24. The number of nitriles is 1. The number of nitro benzene ring substituents is 1. The van der Waals surface area contributed by atoms with Gasteiger partial charge in [-0.05, 0) is 36.6 Å². The summed E-state index contributed by atoms with van der Waals surface area (Å²) in [5.41, 5.74) is 3.58. The molecule has 4 rings (SSSR count). The summed E-state index contributed by atoms with van der Waals surface area (Å²) in [6.45, 7) is 1.40. The Morgan fingerprint density at radius 1 is 1.15 bits per heavy atom. The Bertz CT molecular complexity index is 1010. The molecule has 2 aromatic carbocycles. The first-order valence-electron chi connectivity index (χ1n) is 8.54. The molecule has 6 nitrogen and oxygen atoms in total. The Kier molecular flexibility index (Phi) is 4.15. The van der Waals surface area contributed by atoms with Crippen LogP contribution in [0.5, 0.6) is 0 Å². The molecule has 1 fully saturated rings. The molecule has 0 saturated carbocycles. The first kappa shape index (κ1) is 16.3. The number of rotatable bonds is 3. The van der Waals surface area contributed by atoms with Crippen molar-refractivity contribution in [1.29, 1.82) is 5.26 Å². The minimum absolute atomic E-state index is 0.0929. The van der Waals surface area contributed by atoms with E-state index in [1.807, 2.05) is 18.2 Å². The van der Waals surface area contributed by atoms with Crippen LogP contribution in [0.25, 0.3) is 22.0 Å². The minimum atomic E-state index is -0.359. The second kappa shape index (κ2) is 6.62. The largest absolute Gasteiger partial charge is 0.381 e. The quantitative estimate of drug-likeness (QED) is 0.518. The maximum atomic E-state index is 11.2. The van der Waals surface area contributed by atoms with Crippen molar-refractivity contribution < 1.29 is 9.66 Å². The number of nitro groups is 1. The van der Waals surface area contributed by atoms with Crippen LogP contribution in [0.2, 0.25) is 0 Å². The lowest BCUT2D eigenvalue weighted by molar-refractivity contribution is -0.384. The van der Waals surface area contributed by atoms with Gasteiger partial charge >= 0.3 is 0 Å². The maximum Gasteiger partial charge on any atom is 0.271 e. The van der Waals surface area contributed by atoms with Crippen LogP contribution in [0.15, 0.2) is 48.7 Å². The zero-order chi connectivity index (χ0) is 18.1. The number of benzene rings is 2. The minimum Gasteiger partial charge on any atom is -0.381 e. The topological polar surface area (TPSA) is 81.1 Å². The van der Waals surface area contributed by atoms with E-state index in [9.17, 15) is 10.1 Å². The monoisotopic (exact) mass is 347 g/mol. The summed E-state index contributed by atoms with van der Waals surface area (Å²) in [5, 5.41) is 21.2. The van der Waals surface area contributed by atoms with E-state index in [1.165, 1.54) is 0 Å². The van der Waals surface area contributed by atoms with Gasteiger partial charge in [0.25, 0.3) is 5.69 Å². The highest BCUT2D eigenvalue weighted by Gasteiger charge is 2.21. The molecule has 1 aliphatic heterocycles. The van der Waals surface area contributed by atoms with Gasteiger partial charge in [-0.1, -0.05) is 12.1 Å². The zero-order valence-electron chi connectivity index (χ0n) is 14.1. The van der Waals surface area contributed by atoms with E-state index in [1.54, 1.807) is 24.3 Å². The fourth-order valence-corrected chi connectivity index (χ4v) is 3.57. The summed E-state index contributed by atoms with van der Waals surface area (Å²) in [7, 11) is 0. The lowest BCUT2D eigenvalue weighted by Crippen LogP contribution is -2.18. The van der Waals surface area contributed by atoms with Crippen LogP contribution in [0.1, 0.15) is 24.4 Å². The second-order valence-corrected chi connectivity index (χ2v) is 6.44. The Morgan fingerprint density at radius 3 is 2.54 bits per heavy atom. The van der Waals surface area contributed by atoms with E-state index in [-0.39, 0.29) is 16.7 Å². The molecular weight excluding hydrogens is 330 g/mol. The van der Waals surface area contributed by atoms with Crippen molar-refractivity contribution in [3.63, 3.8) is 0 Å². The number of fused-ring (bicyclic) bond motifs is 1. The average molecular weight is 347 g/mol. The van der Waals surface area contributed by atoms with Gasteiger partial charge in [0.1, 0.15) is 0 Å². The van der Waals surface area contributed by atoms with Gasteiger partial charge < -0.3 is 9.30 Å². The molecule has 2 heterocycles. The molecule has 0 amide bonds. The normalized spacial score (nSPS) is 15.0. The molecule has 0 N–H and O–H groups in total. The number of aromatic nitrogens is 1. The summed E-state index contributed by atoms with van der Waals surface area (Å²) in [4.78, 5) is 10.9. The van der Waals surface area contributed by atoms with Gasteiger partial charge in [0.15, 0.2) is 0 Å². The van der Waals surface area contributed by atoms with E-state index >= 15 is 0 Å². The smallest absolute Gasteiger partial charge is 0.271 e. The Morgan fingerprint density at radius 2 is 1.88 bits per heavy atom. The molecule has 0 radical (unpaired) electrons. The molecule has 1 aromatic heterocycles. The Hall–Kier alpha value is -3.17. The summed E-state index contributed by atoms with van der Waals surface area (Å²) < 4.78 is 7.61. The van der Waals surface area contributed by atoms with Gasteiger partial charge in [0.2, 0.25) is 0 Å². The molecule has 0 bridgehead atoms. The molecule has 1 saturated heterocycles. The molecule has 130 valence electrons. The third-order valence-electron chi connectivity index (χ3n) is 4.94. The first-order chi connectivity index (χ1) is 12.7. The van der Waals surface area contributed by atoms with E-state index in [4.69, 9.17) is 10.00 Å². The number of ether oxygens (including phenoxy) is 1. The van der Waals surface area contributed by atoms with Crippen molar-refractivity contribution in [1.82, 2.24) is 4.57 Å². The van der Waals surface area contributed by atoms with Crippen LogP contribution in [-0.4, -0.2) is 22.7 Å². The molecule has 6 heteroatoms. The van der Waals surface area contributed by atoms with Crippen molar-refractivity contribution in [2.45, 2.75) is 18.9 Å². The van der Waals surface area contributed by atoms with Crippen LogP contribution < -0.4 is 0 Å². The van der Waals surface area contributed by atoms with Gasteiger partial charge in [-0.2, -0.15) is 5.26 Å². The van der Waals surface area contributed by atoms with Crippen LogP contribution in [0.4, 0.5) is 5.69 Å². The summed E-state index contributed by atoms with van der Waals surface area (Å²) >= 11 is 0. The SMILES string of the molecule is N#Cc1ccc(-c2cn(C3CCOCC3)c3cc([N+](=O)[O-])ccc23)cc1. The van der Waals surface area contributed by atoms with E-state index in [0.29, 0.717) is 18.8 Å². The van der Waals surface area contributed by atoms with Gasteiger partial charge in [0, 0.05) is 48.5 Å². The van der Waals surface area contributed by atoms with E-state index in [0.717, 1.165) is 34.9 Å². The highest BCUT2D eigenvalue weighted by molar-refractivity contribution is 5.97. The highest BCUT2D eigenvalue weighted by Crippen LogP contribution is 2.36. The zero-order valence-corrected chi connectivity index (χ0v) is 14.1. The van der Waals surface area contributed by atoms with Crippen LogP contribution >= 0.6 is 0 Å². The Labute approximate surface area is 150 Å². The van der Waals surface area contributed by atoms with Crippen molar-refractivity contribution >= 4 is 16.6 Å². The van der Waals surface area contributed by atoms with Crippen molar-refractivity contribution in [3.05, 3.63) is 64.3 Å². The molecule has 0 aliphatic carbocycles. The maximum absolute atomic E-state index is 11.2. The third-order valence-corrected chi connectivity index (χ3v) is 4.94. The standard InChI is InChI=1S/C20H17N3O3/c21-12-14-1-3-15(4-2-14)19-13-22(16-7-9-26-10-8-16)20-11-17(23(24)25)5-6-18(19)20/h1-6,11,13,16H,7-10H2. The van der Waals surface area contributed by atoms with Gasteiger partial charge in [-0.3, -0.25) is 10.1 Å². The van der Waals surface area contributed by atoms with Gasteiger partial charge in [-0.25, -0.2) is 0 Å². The van der Waals surface area contributed by atoms with Crippen molar-refractivity contribution in [2.75, 3.05) is 13.2 Å². The molecule has 1 aliphatic rings. The fraction of sp³-hybridized carbons (Fsp3) is 0.250. The van der Waals surface area contributed by atoms with Crippen LogP contribution in [0.3, 0.4) is 0 Å². The number of hydrogen-bond donors (Lipinski definition) is 0. The van der Waals surface area contributed by atoms with Crippen LogP contribution in [-0.2, 0) is 4.74 Å². The van der Waals surface area contributed by atoms with Gasteiger partial charge in [-0.15, -0.1) is 0 Å². The molecule has 3 aromatic rings.